The Bertz CT molecular complexity index is 1150. The predicted molar refractivity (Wildman–Crippen MR) is 118 cm³/mol. The lowest BCUT2D eigenvalue weighted by molar-refractivity contribution is -0.113. The van der Waals surface area contributed by atoms with Gasteiger partial charge in [-0.2, -0.15) is 0 Å². The lowest BCUT2D eigenvalue weighted by Gasteiger charge is -2.17. The van der Waals surface area contributed by atoms with Crippen molar-refractivity contribution in [3.05, 3.63) is 48.4 Å². The van der Waals surface area contributed by atoms with Crippen molar-refractivity contribution in [2.75, 3.05) is 35.3 Å². The van der Waals surface area contributed by atoms with E-state index in [2.05, 4.69) is 20.4 Å². The van der Waals surface area contributed by atoms with E-state index in [-0.39, 0.29) is 22.2 Å². The smallest absolute Gasteiger partial charge is 0.234 e. The van der Waals surface area contributed by atoms with E-state index in [0.717, 1.165) is 43.9 Å². The van der Waals surface area contributed by atoms with E-state index in [0.29, 0.717) is 11.7 Å². The van der Waals surface area contributed by atoms with E-state index in [9.17, 15) is 13.2 Å². The molecule has 0 radical (unpaired) electrons. The summed E-state index contributed by atoms with van der Waals surface area (Å²) in [5, 5.41) is 11.9. The van der Waals surface area contributed by atoms with Crippen molar-refractivity contribution >= 4 is 39.1 Å². The van der Waals surface area contributed by atoms with Crippen LogP contribution in [0.2, 0.25) is 0 Å². The number of rotatable bonds is 8. The minimum Gasteiger partial charge on any atom is -0.467 e. The summed E-state index contributed by atoms with van der Waals surface area (Å²) in [5.74, 6) is 1.28. The number of nitrogens with one attached hydrogen (secondary N) is 1. The Labute approximate surface area is 184 Å². The number of nitrogens with zero attached hydrogens (tertiary/aromatic N) is 4. The first kappa shape index (κ1) is 21.4. The molecule has 1 amide bonds. The van der Waals surface area contributed by atoms with Crippen LogP contribution < -0.4 is 10.2 Å². The summed E-state index contributed by atoms with van der Waals surface area (Å²) in [6.07, 6.45) is 4.95. The first-order chi connectivity index (χ1) is 14.9. The van der Waals surface area contributed by atoms with Gasteiger partial charge in [0.05, 0.1) is 29.1 Å². The molecular formula is C20H23N5O4S2. The summed E-state index contributed by atoms with van der Waals surface area (Å²) in [6, 6.07) is 10.1. The summed E-state index contributed by atoms with van der Waals surface area (Å²) < 4.78 is 31.3. The minimum atomic E-state index is -3.45. The molecule has 0 atom stereocenters. The Kier molecular flexibility index (Phi) is 6.33. The third-order valence-electron chi connectivity index (χ3n) is 4.87. The summed E-state index contributed by atoms with van der Waals surface area (Å²) in [6.45, 7) is 2.31. The van der Waals surface area contributed by atoms with Crippen molar-refractivity contribution in [1.82, 2.24) is 14.8 Å². The first-order valence-electron chi connectivity index (χ1n) is 9.84. The number of carbonyl (C=O) groups is 1. The largest absolute Gasteiger partial charge is 0.467 e. The van der Waals surface area contributed by atoms with E-state index >= 15 is 0 Å². The van der Waals surface area contributed by atoms with Crippen LogP contribution in [-0.4, -0.2) is 54.2 Å². The van der Waals surface area contributed by atoms with Crippen LogP contribution >= 0.6 is 11.8 Å². The van der Waals surface area contributed by atoms with Crippen LogP contribution in [0.3, 0.4) is 0 Å². The number of hydrogen-bond donors (Lipinski definition) is 1. The second kappa shape index (κ2) is 9.15. The quantitative estimate of drug-likeness (QED) is 0.510. The van der Waals surface area contributed by atoms with Crippen LogP contribution in [-0.2, 0) is 21.2 Å². The van der Waals surface area contributed by atoms with Gasteiger partial charge in [-0.1, -0.05) is 23.9 Å². The van der Waals surface area contributed by atoms with Gasteiger partial charge in [-0.15, -0.1) is 10.2 Å². The lowest BCUT2D eigenvalue weighted by atomic mass is 10.3. The van der Waals surface area contributed by atoms with Gasteiger partial charge in [0, 0.05) is 19.3 Å². The molecule has 4 rings (SSSR count). The highest BCUT2D eigenvalue weighted by Crippen LogP contribution is 2.27. The molecular weight excluding hydrogens is 438 g/mol. The van der Waals surface area contributed by atoms with E-state index < -0.39 is 9.84 Å². The molecule has 1 aromatic carbocycles. The van der Waals surface area contributed by atoms with Crippen LogP contribution in [0.15, 0.2) is 57.1 Å². The highest BCUT2D eigenvalue weighted by molar-refractivity contribution is 7.99. The predicted octanol–water partition coefficient (Wildman–Crippen LogP) is 2.65. The number of para-hydroxylation sites is 1. The summed E-state index contributed by atoms with van der Waals surface area (Å²) in [7, 11) is -3.45. The Balaban J connectivity index is 1.49. The standard InChI is InChI=1S/C20H23N5O4S2/c1-31(27,28)17-9-3-2-8-16(17)21-18(26)14-30-20-23-22-19(24-10-4-5-11-24)25(20)13-15-7-6-12-29-15/h2-3,6-9,12H,4-5,10-11,13-14H2,1H3,(H,21,26). The fourth-order valence-corrected chi connectivity index (χ4v) is 5.02. The Hall–Kier alpha value is -2.79. The molecule has 2 aromatic heterocycles. The van der Waals surface area contributed by atoms with Crippen molar-refractivity contribution in [3.8, 4) is 0 Å². The average molecular weight is 462 g/mol. The molecule has 164 valence electrons. The zero-order valence-corrected chi connectivity index (χ0v) is 18.7. The SMILES string of the molecule is CS(=O)(=O)c1ccccc1NC(=O)CSc1nnc(N2CCCC2)n1Cc1ccco1. The average Bonchev–Trinajstić information content (AvgIpc) is 3.49. The Morgan fingerprint density at radius 3 is 2.65 bits per heavy atom. The maximum atomic E-state index is 12.5. The van der Waals surface area contributed by atoms with E-state index in [1.807, 2.05) is 16.7 Å². The second-order valence-corrected chi connectivity index (χ2v) is 10.2. The van der Waals surface area contributed by atoms with Crippen molar-refractivity contribution in [3.63, 3.8) is 0 Å². The monoisotopic (exact) mass is 461 g/mol. The second-order valence-electron chi connectivity index (χ2n) is 7.25. The molecule has 0 aliphatic carbocycles. The van der Waals surface area contributed by atoms with Gasteiger partial charge in [0.15, 0.2) is 15.0 Å². The van der Waals surface area contributed by atoms with Gasteiger partial charge in [-0.05, 0) is 37.1 Å². The van der Waals surface area contributed by atoms with Crippen LogP contribution in [0.1, 0.15) is 18.6 Å². The van der Waals surface area contributed by atoms with E-state index in [4.69, 9.17) is 4.42 Å². The molecule has 1 fully saturated rings. The van der Waals surface area contributed by atoms with E-state index in [1.54, 1.807) is 24.5 Å². The number of hydrogen-bond acceptors (Lipinski definition) is 8. The number of anilines is 2. The zero-order valence-electron chi connectivity index (χ0n) is 17.0. The number of benzene rings is 1. The van der Waals surface area contributed by atoms with Crippen LogP contribution in [0.5, 0.6) is 0 Å². The van der Waals surface area contributed by atoms with Gasteiger partial charge in [-0.3, -0.25) is 9.36 Å². The molecule has 0 bridgehead atoms. The highest BCUT2D eigenvalue weighted by atomic mass is 32.2. The minimum absolute atomic E-state index is 0.0639. The molecule has 1 aliphatic rings. The summed E-state index contributed by atoms with van der Waals surface area (Å²) >= 11 is 1.25. The van der Waals surface area contributed by atoms with Crippen molar-refractivity contribution in [2.24, 2.45) is 0 Å². The number of carbonyl (C=O) groups excluding carboxylic acids is 1. The highest BCUT2D eigenvalue weighted by Gasteiger charge is 2.23. The molecule has 3 aromatic rings. The van der Waals surface area contributed by atoms with Crippen LogP contribution in [0, 0.1) is 0 Å². The van der Waals surface area contributed by atoms with Crippen molar-refractivity contribution in [2.45, 2.75) is 29.4 Å². The number of thioether (sulfide) groups is 1. The fraction of sp³-hybridized carbons (Fsp3) is 0.350. The lowest BCUT2D eigenvalue weighted by Crippen LogP contribution is -2.23. The summed E-state index contributed by atoms with van der Waals surface area (Å²) in [5.41, 5.74) is 0.269. The molecule has 9 nitrogen and oxygen atoms in total. The van der Waals surface area contributed by atoms with Gasteiger partial charge in [0.1, 0.15) is 5.76 Å². The fourth-order valence-electron chi connectivity index (χ4n) is 3.45. The van der Waals surface area contributed by atoms with Crippen LogP contribution in [0.25, 0.3) is 0 Å². The number of furan rings is 1. The molecule has 31 heavy (non-hydrogen) atoms. The van der Waals surface area contributed by atoms with E-state index in [1.165, 1.54) is 17.8 Å². The molecule has 11 heteroatoms. The third-order valence-corrected chi connectivity index (χ3v) is 6.99. The van der Waals surface area contributed by atoms with Gasteiger partial charge < -0.3 is 14.6 Å². The molecule has 1 N–H and O–H groups in total. The van der Waals surface area contributed by atoms with Gasteiger partial charge in [-0.25, -0.2) is 8.42 Å². The van der Waals surface area contributed by atoms with Gasteiger partial charge in [0.25, 0.3) is 0 Å². The van der Waals surface area contributed by atoms with Gasteiger partial charge in [0.2, 0.25) is 11.9 Å². The Morgan fingerprint density at radius 1 is 1.16 bits per heavy atom. The molecule has 1 saturated heterocycles. The first-order valence-corrected chi connectivity index (χ1v) is 12.7. The van der Waals surface area contributed by atoms with Gasteiger partial charge >= 0.3 is 0 Å². The number of sulfone groups is 1. The number of amides is 1. The van der Waals surface area contributed by atoms with Crippen molar-refractivity contribution in [1.29, 1.82) is 0 Å². The molecule has 0 spiro atoms. The maximum absolute atomic E-state index is 12.5. The number of aromatic nitrogens is 3. The molecule has 0 saturated carbocycles. The normalized spacial score (nSPS) is 14.2. The molecule has 0 unspecified atom stereocenters. The topological polar surface area (TPSA) is 110 Å². The third kappa shape index (κ3) is 5.10. The summed E-state index contributed by atoms with van der Waals surface area (Å²) in [4.78, 5) is 14.8. The maximum Gasteiger partial charge on any atom is 0.234 e. The molecule has 1 aliphatic heterocycles. The molecule has 3 heterocycles. The zero-order chi connectivity index (χ0) is 21.8. The van der Waals surface area contributed by atoms with Crippen LogP contribution in [0.4, 0.5) is 11.6 Å². The Morgan fingerprint density at radius 2 is 1.94 bits per heavy atom. The van der Waals surface area contributed by atoms with Crippen molar-refractivity contribution < 1.29 is 17.6 Å².